The molecule has 0 N–H and O–H groups in total. The third kappa shape index (κ3) is 4.03. The molecule has 0 radical (unpaired) electrons. The lowest BCUT2D eigenvalue weighted by Crippen LogP contribution is -1.83. The molecule has 0 amide bonds. The van der Waals surface area contributed by atoms with Crippen molar-refractivity contribution in [3.05, 3.63) is 59.2 Å². The van der Waals surface area contributed by atoms with Gasteiger partial charge in [-0.25, -0.2) is 0 Å². The summed E-state index contributed by atoms with van der Waals surface area (Å²) in [5.74, 6) is 0. The summed E-state index contributed by atoms with van der Waals surface area (Å²) in [6.45, 7) is 6.42. The third-order valence-corrected chi connectivity index (χ3v) is 2.89. The molecular weight excluding hydrogens is 216 g/mol. The standard InChI is InChI=1S/C15H16.3CH4/c1-11-4-7-14(8-5-11)15-9-6-12(2)13(3)10-15;;;/h4-10H,1-3H3;3*1H4. The lowest BCUT2D eigenvalue weighted by atomic mass is 10.00. The predicted molar refractivity (Wildman–Crippen MR) is 86.3 cm³/mol. The van der Waals surface area contributed by atoms with Crippen molar-refractivity contribution in [3.8, 4) is 11.1 Å². The largest absolute Gasteiger partial charge is 0.0776 e. The maximum atomic E-state index is 2.25. The number of hydrogen-bond donors (Lipinski definition) is 0. The van der Waals surface area contributed by atoms with E-state index in [4.69, 9.17) is 0 Å². The van der Waals surface area contributed by atoms with E-state index in [9.17, 15) is 0 Å². The quantitative estimate of drug-likeness (QED) is 0.561. The fraction of sp³-hybridized carbons (Fsp3) is 0.333. The maximum Gasteiger partial charge on any atom is -0.0181 e. The van der Waals surface area contributed by atoms with Gasteiger partial charge in [0.15, 0.2) is 0 Å². The summed E-state index contributed by atoms with van der Waals surface area (Å²) < 4.78 is 0. The Labute approximate surface area is 114 Å². The van der Waals surface area contributed by atoms with Crippen LogP contribution in [0.5, 0.6) is 0 Å². The predicted octanol–water partition coefficient (Wildman–Crippen LogP) is 6.19. The first-order valence-electron chi connectivity index (χ1n) is 5.31. The van der Waals surface area contributed by atoms with Crippen LogP contribution in [-0.2, 0) is 0 Å². The zero-order valence-corrected chi connectivity index (χ0v) is 9.54. The van der Waals surface area contributed by atoms with Crippen LogP contribution in [0.3, 0.4) is 0 Å². The van der Waals surface area contributed by atoms with Crippen molar-refractivity contribution in [2.45, 2.75) is 43.1 Å². The Balaban J connectivity index is 0. The zero-order valence-electron chi connectivity index (χ0n) is 9.54. The second kappa shape index (κ2) is 7.71. The number of rotatable bonds is 1. The molecule has 0 heterocycles. The highest BCUT2D eigenvalue weighted by Crippen LogP contribution is 2.22. The Morgan fingerprint density at radius 1 is 0.556 bits per heavy atom. The van der Waals surface area contributed by atoms with Crippen molar-refractivity contribution >= 4 is 0 Å². The lowest BCUT2D eigenvalue weighted by molar-refractivity contribution is 1.34. The Bertz CT molecular complexity index is 464. The molecule has 18 heavy (non-hydrogen) atoms. The molecule has 0 nitrogen and oxygen atoms in total. The SMILES string of the molecule is C.C.C.Cc1ccc(-c2ccc(C)c(C)c2)cc1. The Morgan fingerprint density at radius 3 is 1.56 bits per heavy atom. The molecule has 0 atom stereocenters. The molecule has 0 unspecified atom stereocenters. The molecular formula is C18H28. The van der Waals surface area contributed by atoms with Crippen molar-refractivity contribution in [1.82, 2.24) is 0 Å². The second-order valence-corrected chi connectivity index (χ2v) is 4.17. The summed E-state index contributed by atoms with van der Waals surface area (Å²) >= 11 is 0. The van der Waals surface area contributed by atoms with Crippen molar-refractivity contribution in [2.24, 2.45) is 0 Å². The molecule has 0 spiro atoms. The topological polar surface area (TPSA) is 0 Å². The first-order valence-corrected chi connectivity index (χ1v) is 5.31. The van der Waals surface area contributed by atoms with Crippen LogP contribution in [0.2, 0.25) is 0 Å². The highest BCUT2D eigenvalue weighted by molar-refractivity contribution is 5.65. The van der Waals surface area contributed by atoms with Crippen LogP contribution >= 0.6 is 0 Å². The summed E-state index contributed by atoms with van der Waals surface area (Å²) in [6, 6.07) is 15.3. The van der Waals surface area contributed by atoms with Crippen molar-refractivity contribution in [3.63, 3.8) is 0 Å². The monoisotopic (exact) mass is 244 g/mol. The molecule has 0 aliphatic carbocycles. The van der Waals surface area contributed by atoms with Crippen LogP contribution in [0, 0.1) is 20.8 Å². The molecule has 2 rings (SSSR count). The van der Waals surface area contributed by atoms with Gasteiger partial charge in [-0.05, 0) is 43.0 Å². The first kappa shape index (κ1) is 18.8. The van der Waals surface area contributed by atoms with E-state index in [1.165, 1.54) is 27.8 Å². The average Bonchev–Trinajstić information content (AvgIpc) is 2.23. The van der Waals surface area contributed by atoms with E-state index in [1.807, 2.05) is 0 Å². The van der Waals surface area contributed by atoms with E-state index in [-0.39, 0.29) is 22.3 Å². The highest BCUT2D eigenvalue weighted by Gasteiger charge is 1.98. The Kier molecular flexibility index (Phi) is 8.05. The Hall–Kier alpha value is -1.56. The summed E-state index contributed by atoms with van der Waals surface area (Å²) in [7, 11) is 0. The van der Waals surface area contributed by atoms with E-state index in [0.717, 1.165) is 0 Å². The third-order valence-electron chi connectivity index (χ3n) is 2.89. The lowest BCUT2D eigenvalue weighted by Gasteiger charge is -2.05. The second-order valence-electron chi connectivity index (χ2n) is 4.17. The molecule has 0 fully saturated rings. The minimum absolute atomic E-state index is 0. The van der Waals surface area contributed by atoms with Gasteiger partial charge in [-0.3, -0.25) is 0 Å². The van der Waals surface area contributed by atoms with Gasteiger partial charge in [0.05, 0.1) is 0 Å². The van der Waals surface area contributed by atoms with Gasteiger partial charge < -0.3 is 0 Å². The van der Waals surface area contributed by atoms with Crippen LogP contribution in [-0.4, -0.2) is 0 Å². The molecule has 0 bridgehead atoms. The summed E-state index contributed by atoms with van der Waals surface area (Å²) in [4.78, 5) is 0. The van der Waals surface area contributed by atoms with E-state index in [1.54, 1.807) is 0 Å². The molecule has 0 aliphatic heterocycles. The van der Waals surface area contributed by atoms with E-state index in [2.05, 4.69) is 63.2 Å². The van der Waals surface area contributed by atoms with Gasteiger partial charge in [0.1, 0.15) is 0 Å². The summed E-state index contributed by atoms with van der Waals surface area (Å²) in [6.07, 6.45) is 0. The molecule has 0 heteroatoms. The van der Waals surface area contributed by atoms with Crippen LogP contribution in [0.15, 0.2) is 42.5 Å². The van der Waals surface area contributed by atoms with E-state index < -0.39 is 0 Å². The van der Waals surface area contributed by atoms with Crippen LogP contribution in [0.1, 0.15) is 39.0 Å². The zero-order chi connectivity index (χ0) is 10.8. The average molecular weight is 244 g/mol. The molecule has 0 saturated carbocycles. The molecule has 0 aliphatic rings. The number of aryl methyl sites for hydroxylation is 3. The van der Waals surface area contributed by atoms with Gasteiger partial charge in [0.2, 0.25) is 0 Å². The van der Waals surface area contributed by atoms with Gasteiger partial charge >= 0.3 is 0 Å². The fourth-order valence-corrected chi connectivity index (χ4v) is 1.67. The number of benzene rings is 2. The normalized spacial score (nSPS) is 8.61. The van der Waals surface area contributed by atoms with Gasteiger partial charge in [-0.15, -0.1) is 0 Å². The minimum atomic E-state index is 0. The van der Waals surface area contributed by atoms with Crippen molar-refractivity contribution in [2.75, 3.05) is 0 Å². The fourth-order valence-electron chi connectivity index (χ4n) is 1.67. The van der Waals surface area contributed by atoms with Crippen LogP contribution in [0.4, 0.5) is 0 Å². The molecule has 100 valence electrons. The van der Waals surface area contributed by atoms with Crippen molar-refractivity contribution in [1.29, 1.82) is 0 Å². The van der Waals surface area contributed by atoms with Crippen LogP contribution < -0.4 is 0 Å². The highest BCUT2D eigenvalue weighted by atomic mass is 14.0. The van der Waals surface area contributed by atoms with Crippen LogP contribution in [0.25, 0.3) is 11.1 Å². The van der Waals surface area contributed by atoms with Gasteiger partial charge in [-0.1, -0.05) is 70.3 Å². The smallest absolute Gasteiger partial charge is 0.0181 e. The maximum absolute atomic E-state index is 2.25. The van der Waals surface area contributed by atoms with E-state index in [0.29, 0.717) is 0 Å². The van der Waals surface area contributed by atoms with Crippen molar-refractivity contribution < 1.29 is 0 Å². The van der Waals surface area contributed by atoms with E-state index >= 15 is 0 Å². The molecule has 0 saturated heterocycles. The van der Waals surface area contributed by atoms with Gasteiger partial charge in [0, 0.05) is 0 Å². The molecule has 2 aromatic rings. The first-order chi connectivity index (χ1) is 7.16. The Morgan fingerprint density at radius 2 is 1.06 bits per heavy atom. The summed E-state index contributed by atoms with van der Waals surface area (Å²) in [5, 5.41) is 0. The molecule has 0 aromatic heterocycles. The molecule has 2 aromatic carbocycles. The number of hydrogen-bond acceptors (Lipinski definition) is 0. The minimum Gasteiger partial charge on any atom is -0.0776 e. The van der Waals surface area contributed by atoms with Gasteiger partial charge in [0.25, 0.3) is 0 Å². The summed E-state index contributed by atoms with van der Waals surface area (Å²) in [5.41, 5.74) is 6.61. The van der Waals surface area contributed by atoms with Gasteiger partial charge in [-0.2, -0.15) is 0 Å².